The van der Waals surface area contributed by atoms with Gasteiger partial charge in [0.1, 0.15) is 26.2 Å². The minimum absolute atomic E-state index is 0.0127. The molecule has 1 saturated heterocycles. The summed E-state index contributed by atoms with van der Waals surface area (Å²) in [4.78, 5) is 19.1. The molecule has 3 aromatic rings. The molecule has 0 radical (unpaired) electrons. The third kappa shape index (κ3) is 2.88. The highest BCUT2D eigenvalue weighted by Gasteiger charge is 2.26. The number of para-hydroxylation sites is 1. The maximum atomic E-state index is 11.9. The summed E-state index contributed by atoms with van der Waals surface area (Å²) in [5.41, 5.74) is 0.901. The maximum Gasteiger partial charge on any atom is 0.274 e. The lowest BCUT2D eigenvalue weighted by molar-refractivity contribution is -0.923. The molecular formula is C18H21N5O+2. The molecule has 122 valence electrons. The zero-order valence-corrected chi connectivity index (χ0v) is 13.5. The molecule has 0 unspecified atom stereocenters. The van der Waals surface area contributed by atoms with Gasteiger partial charge in [0.05, 0.1) is 17.9 Å². The van der Waals surface area contributed by atoms with Crippen LogP contribution in [0, 0.1) is 0 Å². The van der Waals surface area contributed by atoms with Crippen molar-refractivity contribution >= 4 is 16.7 Å². The number of anilines is 1. The minimum atomic E-state index is -0.0127. The van der Waals surface area contributed by atoms with Crippen LogP contribution in [0.5, 0.6) is 0 Å². The van der Waals surface area contributed by atoms with Gasteiger partial charge in [0, 0.05) is 11.5 Å². The molecule has 1 aliphatic heterocycles. The van der Waals surface area contributed by atoms with Gasteiger partial charge in [0.15, 0.2) is 6.67 Å². The van der Waals surface area contributed by atoms with Crippen LogP contribution in [0.1, 0.15) is 0 Å². The molecule has 0 aliphatic carbocycles. The predicted octanol–water partition coefficient (Wildman–Crippen LogP) is -0.427. The van der Waals surface area contributed by atoms with Crippen LogP contribution in [0.15, 0.2) is 59.7 Å². The number of nitrogens with zero attached hydrogens (tertiary/aromatic N) is 3. The lowest BCUT2D eigenvalue weighted by Crippen LogP contribution is -3.14. The summed E-state index contributed by atoms with van der Waals surface area (Å²) >= 11 is 0. The number of aromatic nitrogens is 3. The standard InChI is InChI=1S/C18H19N5O/c24-17-13-20-23(16-6-2-1-5-15(16)17)14-21-9-11-22(12-10-21)18-7-3-4-8-19-18/h1-8,13H,9-12,14H2/p+2. The van der Waals surface area contributed by atoms with Gasteiger partial charge in [0.25, 0.3) is 5.82 Å². The first-order valence-corrected chi connectivity index (χ1v) is 8.31. The van der Waals surface area contributed by atoms with Crippen LogP contribution in [0.4, 0.5) is 5.82 Å². The lowest BCUT2D eigenvalue weighted by Gasteiger charge is -2.28. The first-order valence-electron chi connectivity index (χ1n) is 8.31. The van der Waals surface area contributed by atoms with E-state index in [4.69, 9.17) is 0 Å². The van der Waals surface area contributed by atoms with E-state index < -0.39 is 0 Å². The van der Waals surface area contributed by atoms with E-state index in [-0.39, 0.29) is 5.43 Å². The first-order chi connectivity index (χ1) is 11.8. The number of fused-ring (bicyclic) bond motifs is 1. The van der Waals surface area contributed by atoms with Crippen molar-refractivity contribution in [2.45, 2.75) is 6.67 Å². The fraction of sp³-hybridized carbons (Fsp3) is 0.278. The Bertz CT molecular complexity index is 885. The number of benzene rings is 1. The molecule has 2 N–H and O–H groups in total. The monoisotopic (exact) mass is 323 g/mol. The molecule has 6 heteroatoms. The molecule has 0 atom stereocenters. The molecule has 0 saturated carbocycles. The Morgan fingerprint density at radius 2 is 1.88 bits per heavy atom. The average molecular weight is 323 g/mol. The number of pyridine rings is 1. The molecular weight excluding hydrogens is 302 g/mol. The Kier molecular flexibility index (Phi) is 3.96. The SMILES string of the molecule is O=c1cnn(C[NH+]2CCN(c3cccc[nH+]3)CC2)c2ccccc12. The number of hydrogen-bond acceptors (Lipinski definition) is 3. The molecule has 6 nitrogen and oxygen atoms in total. The zero-order valence-electron chi connectivity index (χ0n) is 13.5. The molecule has 24 heavy (non-hydrogen) atoms. The first kappa shape index (κ1) is 14.8. The second kappa shape index (κ2) is 6.41. The van der Waals surface area contributed by atoms with E-state index in [1.807, 2.05) is 41.2 Å². The van der Waals surface area contributed by atoms with Crippen LogP contribution in [-0.2, 0) is 6.67 Å². The van der Waals surface area contributed by atoms with Gasteiger partial charge in [-0.1, -0.05) is 18.2 Å². The largest absolute Gasteiger partial charge is 0.310 e. The highest BCUT2D eigenvalue weighted by atomic mass is 16.1. The highest BCUT2D eigenvalue weighted by molar-refractivity contribution is 5.77. The molecule has 3 heterocycles. The number of hydrogen-bond donors (Lipinski definition) is 1. The van der Waals surface area contributed by atoms with E-state index >= 15 is 0 Å². The van der Waals surface area contributed by atoms with E-state index in [0.29, 0.717) is 0 Å². The number of nitrogens with one attached hydrogen (secondary N) is 2. The summed E-state index contributed by atoms with van der Waals surface area (Å²) < 4.78 is 1.95. The fourth-order valence-electron chi connectivity index (χ4n) is 3.30. The number of rotatable bonds is 3. The van der Waals surface area contributed by atoms with Crippen LogP contribution >= 0.6 is 0 Å². The summed E-state index contributed by atoms with van der Waals surface area (Å²) in [7, 11) is 0. The van der Waals surface area contributed by atoms with Gasteiger partial charge in [-0.25, -0.2) is 9.67 Å². The molecule has 0 spiro atoms. The number of piperazine rings is 1. The van der Waals surface area contributed by atoms with Gasteiger partial charge in [0.2, 0.25) is 5.43 Å². The molecule has 1 aromatic carbocycles. The highest BCUT2D eigenvalue weighted by Crippen LogP contribution is 2.07. The van der Waals surface area contributed by atoms with E-state index in [2.05, 4.69) is 27.1 Å². The fourth-order valence-corrected chi connectivity index (χ4v) is 3.30. The van der Waals surface area contributed by atoms with Crippen molar-refractivity contribution in [1.82, 2.24) is 9.78 Å². The Morgan fingerprint density at radius 3 is 2.67 bits per heavy atom. The Balaban J connectivity index is 1.48. The van der Waals surface area contributed by atoms with Crippen LogP contribution < -0.4 is 20.2 Å². The van der Waals surface area contributed by atoms with Crippen molar-refractivity contribution < 1.29 is 9.88 Å². The van der Waals surface area contributed by atoms with Crippen molar-refractivity contribution in [3.8, 4) is 0 Å². The molecule has 4 rings (SSSR count). The summed E-state index contributed by atoms with van der Waals surface area (Å²) in [5, 5.41) is 5.08. The Morgan fingerprint density at radius 1 is 1.08 bits per heavy atom. The molecule has 0 amide bonds. The molecule has 2 aromatic heterocycles. The lowest BCUT2D eigenvalue weighted by atomic mass is 10.2. The second-order valence-corrected chi connectivity index (χ2v) is 6.17. The molecule has 1 aliphatic rings. The Labute approximate surface area is 140 Å². The summed E-state index contributed by atoms with van der Waals surface area (Å²) in [5.74, 6) is 1.17. The van der Waals surface area contributed by atoms with E-state index in [9.17, 15) is 4.79 Å². The van der Waals surface area contributed by atoms with Crippen molar-refractivity contribution in [3.05, 3.63) is 65.1 Å². The third-order valence-electron chi connectivity index (χ3n) is 4.64. The third-order valence-corrected chi connectivity index (χ3v) is 4.64. The van der Waals surface area contributed by atoms with Crippen LogP contribution in [-0.4, -0.2) is 36.0 Å². The van der Waals surface area contributed by atoms with Crippen molar-refractivity contribution in [3.63, 3.8) is 0 Å². The predicted molar refractivity (Wildman–Crippen MR) is 91.9 cm³/mol. The van der Waals surface area contributed by atoms with Crippen molar-refractivity contribution in [1.29, 1.82) is 0 Å². The van der Waals surface area contributed by atoms with Gasteiger partial charge < -0.3 is 4.90 Å². The summed E-state index contributed by atoms with van der Waals surface area (Å²) in [6, 6.07) is 13.9. The molecule has 1 fully saturated rings. The topological polar surface area (TPSA) is 56.7 Å². The van der Waals surface area contributed by atoms with Crippen LogP contribution in [0.3, 0.4) is 0 Å². The number of quaternary nitrogens is 1. The van der Waals surface area contributed by atoms with Gasteiger partial charge >= 0.3 is 0 Å². The van der Waals surface area contributed by atoms with E-state index in [1.54, 1.807) is 0 Å². The maximum absolute atomic E-state index is 11.9. The normalized spacial score (nSPS) is 15.8. The number of H-pyrrole nitrogens is 1. The zero-order chi connectivity index (χ0) is 16.4. The van der Waals surface area contributed by atoms with E-state index in [0.717, 1.165) is 43.8 Å². The van der Waals surface area contributed by atoms with E-state index in [1.165, 1.54) is 16.9 Å². The smallest absolute Gasteiger partial charge is 0.274 e. The van der Waals surface area contributed by atoms with Gasteiger partial charge in [-0.3, -0.25) is 9.69 Å². The van der Waals surface area contributed by atoms with Gasteiger partial charge in [-0.15, -0.1) is 0 Å². The quantitative estimate of drug-likeness (QED) is 0.712. The average Bonchev–Trinajstić information content (AvgIpc) is 2.66. The van der Waals surface area contributed by atoms with Gasteiger partial charge in [-0.2, -0.15) is 5.10 Å². The van der Waals surface area contributed by atoms with Crippen molar-refractivity contribution in [2.75, 3.05) is 31.1 Å². The number of aromatic amines is 1. The molecule has 0 bridgehead atoms. The second-order valence-electron chi connectivity index (χ2n) is 6.17. The van der Waals surface area contributed by atoms with Crippen molar-refractivity contribution in [2.24, 2.45) is 0 Å². The van der Waals surface area contributed by atoms with Crippen LogP contribution in [0.25, 0.3) is 10.9 Å². The summed E-state index contributed by atoms with van der Waals surface area (Å²) in [6.07, 6.45) is 3.39. The minimum Gasteiger partial charge on any atom is -0.310 e. The van der Waals surface area contributed by atoms with Crippen LogP contribution in [0.2, 0.25) is 0 Å². The van der Waals surface area contributed by atoms with Gasteiger partial charge in [-0.05, 0) is 18.2 Å². The Hall–Kier alpha value is -2.73. The summed E-state index contributed by atoms with van der Waals surface area (Å²) in [6.45, 7) is 4.89.